The van der Waals surface area contributed by atoms with E-state index in [0.717, 1.165) is 15.6 Å². The van der Waals surface area contributed by atoms with Gasteiger partial charge in [-0.05, 0) is 53.1 Å². The maximum atomic E-state index is 12.4. The first kappa shape index (κ1) is 21.1. The maximum Gasteiger partial charge on any atom is 0.266 e. The standard InChI is InChI=1S/C23H15BrCl2N2O/c24-21-7-2-1-4-16(21)12-17-9-8-15(11-22(17)26)10-18(14-27)23(29)28-20-6-3-5-19(25)13-20/h1-11,13H,12H2,(H,28,29)/b18-10+. The number of anilines is 1. The van der Waals surface area contributed by atoms with E-state index in [1.165, 1.54) is 6.08 Å². The molecule has 0 radical (unpaired) electrons. The molecular weight excluding hydrogens is 471 g/mol. The number of rotatable bonds is 5. The summed E-state index contributed by atoms with van der Waals surface area (Å²) >= 11 is 15.9. The third kappa shape index (κ3) is 5.71. The number of amides is 1. The van der Waals surface area contributed by atoms with E-state index in [-0.39, 0.29) is 5.57 Å². The van der Waals surface area contributed by atoms with Gasteiger partial charge in [0.15, 0.2) is 0 Å². The van der Waals surface area contributed by atoms with Crippen LogP contribution < -0.4 is 5.32 Å². The Kier molecular flexibility index (Phi) is 7.11. The van der Waals surface area contributed by atoms with Gasteiger partial charge in [-0.25, -0.2) is 0 Å². The summed E-state index contributed by atoms with van der Waals surface area (Å²) in [5.74, 6) is -0.511. The van der Waals surface area contributed by atoms with E-state index in [1.807, 2.05) is 42.5 Å². The lowest BCUT2D eigenvalue weighted by atomic mass is 10.0. The Bertz CT molecular complexity index is 1140. The number of hydrogen-bond donors (Lipinski definition) is 1. The number of nitriles is 1. The van der Waals surface area contributed by atoms with Gasteiger partial charge in [0, 0.05) is 26.6 Å². The quantitative estimate of drug-likeness (QED) is 0.316. The van der Waals surface area contributed by atoms with E-state index in [2.05, 4.69) is 21.2 Å². The number of carbonyl (C=O) groups is 1. The minimum absolute atomic E-state index is 0.0282. The van der Waals surface area contributed by atoms with Crippen LogP contribution in [0.2, 0.25) is 10.0 Å². The summed E-state index contributed by atoms with van der Waals surface area (Å²) in [5.41, 5.74) is 3.24. The van der Waals surface area contributed by atoms with Crippen molar-refractivity contribution < 1.29 is 4.79 Å². The average molecular weight is 486 g/mol. The van der Waals surface area contributed by atoms with Crippen LogP contribution in [0.5, 0.6) is 0 Å². The third-order valence-corrected chi connectivity index (χ3v) is 5.53. The Morgan fingerprint density at radius 1 is 1.03 bits per heavy atom. The van der Waals surface area contributed by atoms with E-state index in [1.54, 1.807) is 30.3 Å². The lowest BCUT2D eigenvalue weighted by Crippen LogP contribution is -2.13. The lowest BCUT2D eigenvalue weighted by Gasteiger charge is -2.08. The van der Waals surface area contributed by atoms with Gasteiger partial charge >= 0.3 is 0 Å². The zero-order chi connectivity index (χ0) is 20.8. The summed E-state index contributed by atoms with van der Waals surface area (Å²) in [7, 11) is 0. The second kappa shape index (κ2) is 9.76. The van der Waals surface area contributed by atoms with Gasteiger partial charge in [0.1, 0.15) is 11.6 Å². The van der Waals surface area contributed by atoms with Crippen molar-refractivity contribution >= 4 is 56.8 Å². The molecular formula is C23H15BrCl2N2O. The molecule has 3 rings (SSSR count). The molecule has 0 bridgehead atoms. The van der Waals surface area contributed by atoms with Gasteiger partial charge in [-0.3, -0.25) is 4.79 Å². The zero-order valence-corrected chi connectivity index (χ0v) is 18.2. The van der Waals surface area contributed by atoms with Gasteiger partial charge in [0.05, 0.1) is 0 Å². The number of nitrogens with zero attached hydrogens (tertiary/aromatic N) is 1. The van der Waals surface area contributed by atoms with Crippen LogP contribution >= 0.6 is 39.1 Å². The van der Waals surface area contributed by atoms with Crippen LogP contribution in [0.1, 0.15) is 16.7 Å². The molecule has 3 nitrogen and oxygen atoms in total. The number of benzene rings is 3. The molecule has 0 aromatic heterocycles. The Morgan fingerprint density at radius 2 is 1.83 bits per heavy atom. The maximum absolute atomic E-state index is 12.4. The molecule has 0 saturated carbocycles. The van der Waals surface area contributed by atoms with Crippen molar-refractivity contribution in [1.29, 1.82) is 5.26 Å². The minimum atomic E-state index is -0.511. The molecule has 29 heavy (non-hydrogen) atoms. The normalized spacial score (nSPS) is 11.0. The van der Waals surface area contributed by atoms with Gasteiger partial charge in [0.2, 0.25) is 0 Å². The smallest absolute Gasteiger partial charge is 0.266 e. The molecule has 0 saturated heterocycles. The Balaban J connectivity index is 1.79. The van der Waals surface area contributed by atoms with E-state index in [0.29, 0.717) is 27.7 Å². The first-order valence-electron chi connectivity index (χ1n) is 8.67. The molecule has 0 aliphatic rings. The third-order valence-electron chi connectivity index (χ3n) is 4.17. The molecule has 0 unspecified atom stereocenters. The van der Waals surface area contributed by atoms with Crippen molar-refractivity contribution in [1.82, 2.24) is 0 Å². The first-order chi connectivity index (χ1) is 14.0. The Labute approximate surface area is 187 Å². The molecule has 3 aromatic rings. The lowest BCUT2D eigenvalue weighted by molar-refractivity contribution is -0.112. The minimum Gasteiger partial charge on any atom is -0.321 e. The second-order valence-corrected chi connectivity index (χ2v) is 7.95. The number of carbonyl (C=O) groups excluding carboxylic acids is 1. The van der Waals surface area contributed by atoms with E-state index < -0.39 is 5.91 Å². The van der Waals surface area contributed by atoms with Crippen molar-refractivity contribution in [2.45, 2.75) is 6.42 Å². The summed E-state index contributed by atoms with van der Waals surface area (Å²) in [6.45, 7) is 0. The summed E-state index contributed by atoms with van der Waals surface area (Å²) < 4.78 is 1.02. The van der Waals surface area contributed by atoms with E-state index >= 15 is 0 Å². The predicted octanol–water partition coefficient (Wildman–Crippen LogP) is 6.89. The highest BCUT2D eigenvalue weighted by atomic mass is 79.9. The molecule has 0 fully saturated rings. The van der Waals surface area contributed by atoms with Crippen molar-refractivity contribution in [3.8, 4) is 6.07 Å². The summed E-state index contributed by atoms with van der Waals surface area (Å²) in [6, 6.07) is 22.1. The first-order valence-corrected chi connectivity index (χ1v) is 10.2. The highest BCUT2D eigenvalue weighted by molar-refractivity contribution is 9.10. The fraction of sp³-hybridized carbons (Fsp3) is 0.0435. The number of nitrogens with one attached hydrogen (secondary N) is 1. The SMILES string of the molecule is N#C/C(=C\c1ccc(Cc2ccccc2Br)c(Cl)c1)C(=O)Nc1cccc(Cl)c1. The van der Waals surface area contributed by atoms with Crippen molar-refractivity contribution in [3.05, 3.63) is 104 Å². The Morgan fingerprint density at radius 3 is 2.52 bits per heavy atom. The van der Waals surface area contributed by atoms with Crippen molar-refractivity contribution in [3.63, 3.8) is 0 Å². The fourth-order valence-corrected chi connectivity index (χ4v) is 3.59. The van der Waals surface area contributed by atoms with Crippen molar-refractivity contribution in [2.75, 3.05) is 5.32 Å². The summed E-state index contributed by atoms with van der Waals surface area (Å²) in [6.07, 6.45) is 2.18. The van der Waals surface area contributed by atoms with Gasteiger partial charge < -0.3 is 5.32 Å². The summed E-state index contributed by atoms with van der Waals surface area (Å²) in [4.78, 5) is 12.4. The topological polar surface area (TPSA) is 52.9 Å². The van der Waals surface area contributed by atoms with Crippen LogP contribution in [0.3, 0.4) is 0 Å². The molecule has 6 heteroatoms. The highest BCUT2D eigenvalue weighted by Gasteiger charge is 2.11. The largest absolute Gasteiger partial charge is 0.321 e. The molecule has 1 N–H and O–H groups in total. The van der Waals surface area contributed by atoms with Crippen LogP contribution in [0.25, 0.3) is 6.08 Å². The zero-order valence-electron chi connectivity index (χ0n) is 15.1. The molecule has 1 amide bonds. The van der Waals surface area contributed by atoms with Crippen LogP contribution in [-0.2, 0) is 11.2 Å². The Hall–Kier alpha value is -2.58. The highest BCUT2D eigenvalue weighted by Crippen LogP contribution is 2.26. The molecule has 3 aromatic carbocycles. The van der Waals surface area contributed by atoms with Crippen LogP contribution in [0.4, 0.5) is 5.69 Å². The predicted molar refractivity (Wildman–Crippen MR) is 122 cm³/mol. The van der Waals surface area contributed by atoms with Gasteiger partial charge in [-0.1, -0.05) is 75.5 Å². The van der Waals surface area contributed by atoms with Gasteiger partial charge in [-0.2, -0.15) is 5.26 Å². The molecule has 0 aliphatic heterocycles. The van der Waals surface area contributed by atoms with Crippen LogP contribution in [-0.4, -0.2) is 5.91 Å². The van der Waals surface area contributed by atoms with E-state index in [9.17, 15) is 10.1 Å². The molecule has 0 spiro atoms. The molecule has 144 valence electrons. The monoisotopic (exact) mass is 484 g/mol. The molecule has 0 heterocycles. The fourth-order valence-electron chi connectivity index (χ4n) is 2.72. The van der Waals surface area contributed by atoms with Crippen LogP contribution in [0, 0.1) is 11.3 Å². The molecule has 0 aliphatic carbocycles. The number of halogens is 3. The van der Waals surface area contributed by atoms with Gasteiger partial charge in [-0.15, -0.1) is 0 Å². The summed E-state index contributed by atoms with van der Waals surface area (Å²) in [5, 5.41) is 13.1. The second-order valence-electron chi connectivity index (χ2n) is 6.25. The van der Waals surface area contributed by atoms with Gasteiger partial charge in [0.25, 0.3) is 5.91 Å². The van der Waals surface area contributed by atoms with Crippen molar-refractivity contribution in [2.24, 2.45) is 0 Å². The van der Waals surface area contributed by atoms with Crippen LogP contribution in [0.15, 0.2) is 76.8 Å². The molecule has 0 atom stereocenters. The van der Waals surface area contributed by atoms with E-state index in [4.69, 9.17) is 23.2 Å². The average Bonchev–Trinajstić information content (AvgIpc) is 2.69. The number of hydrogen-bond acceptors (Lipinski definition) is 2.